The van der Waals surface area contributed by atoms with Gasteiger partial charge in [-0.05, 0) is 23.8 Å². The van der Waals surface area contributed by atoms with E-state index < -0.39 is 0 Å². The molecule has 0 aliphatic heterocycles. The monoisotopic (exact) mass is 300 g/mol. The molecule has 0 saturated heterocycles. The molecule has 0 radical (unpaired) electrons. The molecule has 108 valence electrons. The zero-order valence-electron chi connectivity index (χ0n) is 11.8. The Morgan fingerprint density at radius 2 is 2.29 bits per heavy atom. The average Bonchev–Trinajstić information content (AvgIpc) is 3.13. The van der Waals surface area contributed by atoms with Crippen molar-refractivity contribution >= 4 is 11.8 Å². The van der Waals surface area contributed by atoms with Gasteiger partial charge in [0.05, 0.1) is 11.9 Å². The van der Waals surface area contributed by atoms with Crippen molar-refractivity contribution in [3.05, 3.63) is 54.3 Å². The maximum atomic E-state index is 5.36. The first-order valence-corrected chi connectivity index (χ1v) is 7.88. The predicted molar refractivity (Wildman–Crippen MR) is 82.8 cm³/mol. The molecule has 3 aromatic heterocycles. The molecule has 0 aliphatic rings. The second-order valence-electron chi connectivity index (χ2n) is 4.75. The minimum Gasteiger partial charge on any atom is -0.360 e. The fourth-order valence-corrected chi connectivity index (χ4v) is 2.84. The van der Waals surface area contributed by atoms with Crippen molar-refractivity contribution in [3.8, 4) is 11.3 Å². The van der Waals surface area contributed by atoms with Crippen LogP contribution in [-0.2, 0) is 19.2 Å². The zero-order chi connectivity index (χ0) is 14.5. The van der Waals surface area contributed by atoms with E-state index in [0.29, 0.717) is 0 Å². The summed E-state index contributed by atoms with van der Waals surface area (Å²) in [5.74, 6) is 2.76. The first-order valence-electron chi connectivity index (χ1n) is 6.72. The van der Waals surface area contributed by atoms with Gasteiger partial charge in [0.2, 0.25) is 0 Å². The fourth-order valence-electron chi connectivity index (χ4n) is 1.98. The van der Waals surface area contributed by atoms with Crippen molar-refractivity contribution in [1.82, 2.24) is 19.9 Å². The summed E-state index contributed by atoms with van der Waals surface area (Å²) in [5.41, 5.74) is 3.08. The van der Waals surface area contributed by atoms with Gasteiger partial charge in [-0.25, -0.2) is 0 Å². The number of nitrogens with zero attached hydrogens (tertiary/aromatic N) is 4. The van der Waals surface area contributed by atoms with E-state index >= 15 is 0 Å². The molecule has 21 heavy (non-hydrogen) atoms. The number of pyridine rings is 1. The normalized spacial score (nSPS) is 10.9. The van der Waals surface area contributed by atoms with Crippen LogP contribution in [0.4, 0.5) is 0 Å². The van der Waals surface area contributed by atoms with E-state index in [0.717, 1.165) is 34.9 Å². The zero-order valence-corrected chi connectivity index (χ0v) is 12.6. The molecular weight excluding hydrogens is 284 g/mol. The van der Waals surface area contributed by atoms with Crippen molar-refractivity contribution in [3.63, 3.8) is 0 Å². The number of thioether (sulfide) groups is 1. The van der Waals surface area contributed by atoms with Gasteiger partial charge in [0, 0.05) is 37.3 Å². The quantitative estimate of drug-likeness (QED) is 0.655. The van der Waals surface area contributed by atoms with Gasteiger partial charge in [0.1, 0.15) is 11.5 Å². The van der Waals surface area contributed by atoms with Crippen LogP contribution in [0.3, 0.4) is 0 Å². The molecule has 3 aromatic rings. The molecular formula is C15H16N4OS. The summed E-state index contributed by atoms with van der Waals surface area (Å²) in [6.45, 7) is 0. The average molecular weight is 300 g/mol. The summed E-state index contributed by atoms with van der Waals surface area (Å²) in [7, 11) is 1.89. The van der Waals surface area contributed by atoms with Crippen LogP contribution in [0.5, 0.6) is 0 Å². The van der Waals surface area contributed by atoms with E-state index in [9.17, 15) is 0 Å². The Balaban J connectivity index is 1.49. The van der Waals surface area contributed by atoms with Crippen LogP contribution in [0.1, 0.15) is 11.3 Å². The molecule has 0 atom stereocenters. The van der Waals surface area contributed by atoms with Crippen LogP contribution < -0.4 is 0 Å². The molecule has 0 saturated carbocycles. The van der Waals surface area contributed by atoms with Gasteiger partial charge in [-0.15, -0.1) is 0 Å². The van der Waals surface area contributed by atoms with Crippen molar-refractivity contribution in [1.29, 1.82) is 0 Å². The highest BCUT2D eigenvalue weighted by atomic mass is 32.2. The lowest BCUT2D eigenvalue weighted by atomic mass is 10.2. The first-order chi connectivity index (χ1) is 10.3. The molecule has 0 aliphatic carbocycles. The van der Waals surface area contributed by atoms with E-state index in [1.165, 1.54) is 5.56 Å². The van der Waals surface area contributed by atoms with E-state index in [-0.39, 0.29) is 0 Å². The maximum absolute atomic E-state index is 5.36. The second-order valence-corrected chi connectivity index (χ2v) is 5.85. The predicted octanol–water partition coefficient (Wildman–Crippen LogP) is 2.95. The minimum atomic E-state index is 0.827. The third kappa shape index (κ3) is 3.72. The van der Waals surface area contributed by atoms with Crippen LogP contribution in [0.15, 0.2) is 47.5 Å². The summed E-state index contributed by atoms with van der Waals surface area (Å²) in [6, 6.07) is 6.05. The van der Waals surface area contributed by atoms with Crippen LogP contribution in [0, 0.1) is 0 Å². The molecule has 0 bridgehead atoms. The molecule has 5 nitrogen and oxygen atoms in total. The fraction of sp³-hybridized carbons (Fsp3) is 0.267. The summed E-state index contributed by atoms with van der Waals surface area (Å²) >= 11 is 1.83. The van der Waals surface area contributed by atoms with Gasteiger partial charge in [-0.1, -0.05) is 11.2 Å². The van der Waals surface area contributed by atoms with Crippen LogP contribution in [0.2, 0.25) is 0 Å². The second kappa shape index (κ2) is 6.58. The van der Waals surface area contributed by atoms with Gasteiger partial charge in [0.25, 0.3) is 0 Å². The number of aryl methyl sites for hydroxylation is 2. The highest BCUT2D eigenvalue weighted by Crippen LogP contribution is 2.21. The lowest BCUT2D eigenvalue weighted by molar-refractivity contribution is 0.397. The number of hydrogen-bond donors (Lipinski definition) is 0. The highest BCUT2D eigenvalue weighted by molar-refractivity contribution is 7.98. The van der Waals surface area contributed by atoms with Crippen molar-refractivity contribution < 1.29 is 4.52 Å². The number of aromatic nitrogens is 4. The summed E-state index contributed by atoms with van der Waals surface area (Å²) in [5, 5.41) is 8.22. The summed E-state index contributed by atoms with van der Waals surface area (Å²) < 4.78 is 7.12. The molecule has 0 fully saturated rings. The molecule has 0 aromatic carbocycles. The lowest BCUT2D eigenvalue weighted by Crippen LogP contribution is -1.89. The van der Waals surface area contributed by atoms with E-state index in [2.05, 4.69) is 21.3 Å². The molecule has 0 unspecified atom stereocenters. The Morgan fingerprint density at radius 3 is 3.05 bits per heavy atom. The Kier molecular flexibility index (Phi) is 4.35. The molecule has 6 heteroatoms. The Hall–Kier alpha value is -2.08. The van der Waals surface area contributed by atoms with Crippen LogP contribution in [0.25, 0.3) is 11.3 Å². The van der Waals surface area contributed by atoms with Gasteiger partial charge < -0.3 is 4.52 Å². The third-order valence-electron chi connectivity index (χ3n) is 3.06. The topological polar surface area (TPSA) is 56.7 Å². The molecule has 0 N–H and O–H groups in total. The Bertz CT molecular complexity index is 693. The van der Waals surface area contributed by atoms with Gasteiger partial charge in [-0.2, -0.15) is 16.9 Å². The maximum Gasteiger partial charge on any atom is 0.147 e. The Labute approximate surface area is 127 Å². The minimum absolute atomic E-state index is 0.827. The molecule has 3 heterocycles. The van der Waals surface area contributed by atoms with Crippen LogP contribution >= 0.6 is 11.8 Å². The van der Waals surface area contributed by atoms with Crippen LogP contribution in [-0.4, -0.2) is 25.7 Å². The number of rotatable bonds is 6. The summed E-state index contributed by atoms with van der Waals surface area (Å²) in [6.07, 6.45) is 8.44. The third-order valence-corrected chi connectivity index (χ3v) is 4.04. The number of hydrogen-bond acceptors (Lipinski definition) is 5. The first kappa shape index (κ1) is 13.9. The van der Waals surface area contributed by atoms with E-state index in [1.807, 2.05) is 43.3 Å². The smallest absolute Gasteiger partial charge is 0.147 e. The van der Waals surface area contributed by atoms with Gasteiger partial charge >= 0.3 is 0 Å². The van der Waals surface area contributed by atoms with Crippen molar-refractivity contribution in [2.75, 3.05) is 5.75 Å². The van der Waals surface area contributed by atoms with Gasteiger partial charge in [0.15, 0.2) is 0 Å². The van der Waals surface area contributed by atoms with Crippen molar-refractivity contribution in [2.24, 2.45) is 7.05 Å². The van der Waals surface area contributed by atoms with E-state index in [1.54, 1.807) is 17.1 Å². The Morgan fingerprint density at radius 1 is 1.33 bits per heavy atom. The van der Waals surface area contributed by atoms with Crippen molar-refractivity contribution in [2.45, 2.75) is 12.2 Å². The molecule has 0 spiro atoms. The summed E-state index contributed by atoms with van der Waals surface area (Å²) in [4.78, 5) is 4.11. The highest BCUT2D eigenvalue weighted by Gasteiger charge is 2.08. The molecule has 0 amide bonds. The lowest BCUT2D eigenvalue weighted by Gasteiger charge is -1.99. The largest absolute Gasteiger partial charge is 0.360 e. The van der Waals surface area contributed by atoms with Gasteiger partial charge in [-0.3, -0.25) is 9.67 Å². The molecule has 3 rings (SSSR count). The van der Waals surface area contributed by atoms with E-state index in [4.69, 9.17) is 4.52 Å². The standard InChI is InChI=1S/C15H16N4OS/c1-19-10-13(9-17-19)15-7-14(20-18-15)11-21-6-4-12-3-2-5-16-8-12/h2-3,5,7-10H,4,6,11H2,1H3. The SMILES string of the molecule is Cn1cc(-c2cc(CSCCc3cccnc3)on2)cn1.